The number of carbonyl (C=O) groups is 2. The van der Waals surface area contributed by atoms with E-state index in [4.69, 9.17) is 0 Å². The maximum absolute atomic E-state index is 13.1. The maximum Gasteiger partial charge on any atom is 0.311 e. The lowest BCUT2D eigenvalue weighted by atomic mass is 9.90. The molecule has 0 aliphatic carbocycles. The van der Waals surface area contributed by atoms with Gasteiger partial charge in [0, 0.05) is 13.1 Å². The number of carboxylic acid groups (broad SMARTS) is 1. The molecule has 0 bridgehead atoms. The number of carboxylic acids is 1. The van der Waals surface area contributed by atoms with Gasteiger partial charge in [0.2, 0.25) is 0 Å². The van der Waals surface area contributed by atoms with E-state index in [2.05, 4.69) is 5.10 Å². The van der Waals surface area contributed by atoms with Gasteiger partial charge < -0.3 is 10.0 Å². The van der Waals surface area contributed by atoms with Gasteiger partial charge in [-0.1, -0.05) is 0 Å². The second-order valence-corrected chi connectivity index (χ2v) is 6.78. The Morgan fingerprint density at radius 1 is 1.24 bits per heavy atom. The molecule has 1 aliphatic heterocycles. The largest absolute Gasteiger partial charge is 0.481 e. The van der Waals surface area contributed by atoms with Gasteiger partial charge in [-0.3, -0.25) is 9.59 Å². The summed E-state index contributed by atoms with van der Waals surface area (Å²) < 4.78 is 14.7. The molecule has 25 heavy (non-hydrogen) atoms. The third kappa shape index (κ3) is 2.90. The first kappa shape index (κ1) is 17.1. The first-order chi connectivity index (χ1) is 11.7. The van der Waals surface area contributed by atoms with Crippen LogP contribution in [0.2, 0.25) is 0 Å². The van der Waals surface area contributed by atoms with Crippen LogP contribution in [0.5, 0.6) is 0 Å². The number of benzene rings is 1. The predicted octanol–water partition coefficient (Wildman–Crippen LogP) is 2.57. The predicted molar refractivity (Wildman–Crippen MR) is 89.3 cm³/mol. The fraction of sp³-hybridized carbons (Fsp3) is 0.389. The second-order valence-electron chi connectivity index (χ2n) is 6.78. The van der Waals surface area contributed by atoms with Gasteiger partial charge >= 0.3 is 5.97 Å². The number of hydrogen-bond donors (Lipinski definition) is 1. The average molecular weight is 345 g/mol. The molecular weight excluding hydrogens is 325 g/mol. The third-order valence-electron chi connectivity index (χ3n) is 4.85. The zero-order chi connectivity index (χ0) is 18.4. The Labute approximate surface area is 144 Å². The van der Waals surface area contributed by atoms with Crippen LogP contribution in [-0.2, 0) is 4.79 Å². The molecule has 1 amide bonds. The van der Waals surface area contributed by atoms with E-state index in [0.717, 1.165) is 0 Å². The Balaban J connectivity index is 1.92. The van der Waals surface area contributed by atoms with Crippen LogP contribution in [0.15, 0.2) is 24.3 Å². The van der Waals surface area contributed by atoms with Crippen LogP contribution in [0.1, 0.15) is 35.1 Å². The van der Waals surface area contributed by atoms with E-state index in [0.29, 0.717) is 35.6 Å². The molecule has 0 spiro atoms. The molecule has 6 nitrogen and oxygen atoms in total. The topological polar surface area (TPSA) is 75.4 Å². The molecule has 1 aromatic carbocycles. The number of carbonyl (C=O) groups excluding carboxylic acids is 1. The Morgan fingerprint density at radius 2 is 1.88 bits per heavy atom. The summed E-state index contributed by atoms with van der Waals surface area (Å²) in [5, 5.41) is 13.7. The number of amides is 1. The zero-order valence-electron chi connectivity index (χ0n) is 14.4. The van der Waals surface area contributed by atoms with E-state index < -0.39 is 11.4 Å². The van der Waals surface area contributed by atoms with Gasteiger partial charge in [0.15, 0.2) is 0 Å². The van der Waals surface area contributed by atoms with Crippen molar-refractivity contribution in [2.24, 2.45) is 5.41 Å². The minimum Gasteiger partial charge on any atom is -0.481 e. The number of rotatable bonds is 3. The number of aromatic nitrogens is 2. The molecule has 0 saturated carbocycles. The quantitative estimate of drug-likeness (QED) is 0.928. The van der Waals surface area contributed by atoms with Crippen molar-refractivity contribution in [2.75, 3.05) is 13.1 Å². The molecule has 1 saturated heterocycles. The van der Waals surface area contributed by atoms with E-state index in [-0.39, 0.29) is 18.3 Å². The summed E-state index contributed by atoms with van der Waals surface area (Å²) in [4.78, 5) is 25.9. The van der Waals surface area contributed by atoms with Crippen molar-refractivity contribution in [2.45, 2.75) is 27.2 Å². The van der Waals surface area contributed by atoms with Gasteiger partial charge in [-0.05, 0) is 51.5 Å². The van der Waals surface area contributed by atoms with Gasteiger partial charge in [-0.2, -0.15) is 5.10 Å². The summed E-state index contributed by atoms with van der Waals surface area (Å²) in [6.45, 7) is 5.77. The van der Waals surface area contributed by atoms with Crippen LogP contribution in [0.4, 0.5) is 4.39 Å². The van der Waals surface area contributed by atoms with Crippen molar-refractivity contribution in [1.29, 1.82) is 0 Å². The number of likely N-dealkylation sites (tertiary alicyclic amines) is 1. The van der Waals surface area contributed by atoms with Gasteiger partial charge in [-0.15, -0.1) is 0 Å². The van der Waals surface area contributed by atoms with Gasteiger partial charge in [0.25, 0.3) is 5.91 Å². The third-order valence-corrected chi connectivity index (χ3v) is 4.85. The van der Waals surface area contributed by atoms with Crippen molar-refractivity contribution in [3.8, 4) is 5.69 Å². The summed E-state index contributed by atoms with van der Waals surface area (Å²) in [6, 6.07) is 5.87. The van der Waals surface area contributed by atoms with Crippen molar-refractivity contribution in [3.63, 3.8) is 0 Å². The van der Waals surface area contributed by atoms with E-state index >= 15 is 0 Å². The highest BCUT2D eigenvalue weighted by Crippen LogP contribution is 2.32. The van der Waals surface area contributed by atoms with E-state index in [1.807, 2.05) is 0 Å². The first-order valence-electron chi connectivity index (χ1n) is 8.08. The number of halogens is 1. The Hall–Kier alpha value is -2.70. The van der Waals surface area contributed by atoms with Crippen LogP contribution >= 0.6 is 0 Å². The number of hydrogen-bond acceptors (Lipinski definition) is 3. The van der Waals surface area contributed by atoms with Gasteiger partial charge in [0.05, 0.1) is 28.1 Å². The first-order valence-corrected chi connectivity index (χ1v) is 8.08. The molecule has 1 aromatic heterocycles. The van der Waals surface area contributed by atoms with Crippen molar-refractivity contribution in [1.82, 2.24) is 14.7 Å². The molecule has 1 fully saturated rings. The smallest absolute Gasteiger partial charge is 0.311 e. The van der Waals surface area contributed by atoms with Crippen molar-refractivity contribution < 1.29 is 19.1 Å². The molecular formula is C18H20FN3O3. The average Bonchev–Trinajstić information content (AvgIpc) is 3.10. The molecule has 0 unspecified atom stereocenters. The fourth-order valence-corrected chi connectivity index (χ4v) is 3.25. The fourth-order valence-electron chi connectivity index (χ4n) is 3.25. The molecule has 2 aromatic rings. The lowest BCUT2D eigenvalue weighted by Crippen LogP contribution is -2.35. The van der Waals surface area contributed by atoms with Crippen molar-refractivity contribution >= 4 is 11.9 Å². The van der Waals surface area contributed by atoms with Crippen LogP contribution < -0.4 is 0 Å². The molecule has 132 valence electrons. The highest BCUT2D eigenvalue weighted by Gasteiger charge is 2.43. The van der Waals surface area contributed by atoms with Crippen LogP contribution in [0, 0.1) is 25.1 Å². The van der Waals surface area contributed by atoms with Crippen LogP contribution in [0.25, 0.3) is 5.69 Å². The number of aryl methyl sites for hydroxylation is 1. The number of nitrogens with zero attached hydrogens (tertiary/aromatic N) is 3. The zero-order valence-corrected chi connectivity index (χ0v) is 14.4. The molecule has 3 rings (SSSR count). The lowest BCUT2D eigenvalue weighted by Gasteiger charge is -2.20. The second kappa shape index (κ2) is 5.98. The highest BCUT2D eigenvalue weighted by molar-refractivity contribution is 5.97. The normalized spacial score (nSPS) is 20.1. The van der Waals surface area contributed by atoms with E-state index in [1.54, 1.807) is 42.5 Å². The molecule has 1 N–H and O–H groups in total. The van der Waals surface area contributed by atoms with Crippen LogP contribution in [-0.4, -0.2) is 44.8 Å². The van der Waals surface area contributed by atoms with Gasteiger partial charge in [-0.25, -0.2) is 9.07 Å². The Bertz CT molecular complexity index is 844. The summed E-state index contributed by atoms with van der Waals surface area (Å²) in [5.41, 5.74) is 1.44. The molecule has 7 heteroatoms. The number of aliphatic carboxylic acids is 1. The minimum atomic E-state index is -0.912. The lowest BCUT2D eigenvalue weighted by molar-refractivity contribution is -0.147. The minimum absolute atomic E-state index is 0.182. The monoisotopic (exact) mass is 345 g/mol. The standard InChI is InChI=1S/C18H20FN3O3/c1-11-15(16(23)21-9-8-18(3,10-21)17(24)25)12(2)22(20-11)14-6-4-13(19)5-7-14/h4-7H,8-10H2,1-3H3,(H,24,25)/t18-/m0/s1. The molecule has 1 atom stereocenters. The molecule has 0 radical (unpaired) electrons. The van der Waals surface area contributed by atoms with Gasteiger partial charge in [0.1, 0.15) is 5.82 Å². The Morgan fingerprint density at radius 3 is 2.44 bits per heavy atom. The molecule has 2 heterocycles. The SMILES string of the molecule is Cc1nn(-c2ccc(F)cc2)c(C)c1C(=O)N1CC[C@](C)(C(=O)O)C1. The maximum atomic E-state index is 13.1. The van der Waals surface area contributed by atoms with Crippen LogP contribution in [0.3, 0.4) is 0 Å². The van der Waals surface area contributed by atoms with Crippen molar-refractivity contribution in [3.05, 3.63) is 47.0 Å². The summed E-state index contributed by atoms with van der Waals surface area (Å²) in [6.07, 6.45) is 0.429. The summed E-state index contributed by atoms with van der Waals surface area (Å²) in [7, 11) is 0. The molecule has 1 aliphatic rings. The summed E-state index contributed by atoms with van der Waals surface area (Å²) >= 11 is 0. The van der Waals surface area contributed by atoms with E-state index in [1.165, 1.54) is 12.1 Å². The van der Waals surface area contributed by atoms with E-state index in [9.17, 15) is 19.1 Å². The summed E-state index contributed by atoms with van der Waals surface area (Å²) in [5.74, 6) is -1.45. The highest BCUT2D eigenvalue weighted by atomic mass is 19.1. The Kier molecular flexibility index (Phi) is 4.10.